The lowest BCUT2D eigenvalue weighted by molar-refractivity contribution is -0.133. The molecule has 2 rings (SSSR count). The molecule has 7 heteroatoms. The highest BCUT2D eigenvalue weighted by atomic mass is 16.5. The van der Waals surface area contributed by atoms with Crippen LogP contribution in [0.4, 0.5) is 0 Å². The van der Waals surface area contributed by atoms with Crippen molar-refractivity contribution in [2.24, 2.45) is 0 Å². The number of para-hydroxylation sites is 1. The molecule has 7 nitrogen and oxygen atoms in total. The minimum Gasteiger partial charge on any atom is -0.497 e. The summed E-state index contributed by atoms with van der Waals surface area (Å²) in [6.07, 6.45) is -0.759. The summed E-state index contributed by atoms with van der Waals surface area (Å²) in [6.45, 7) is 1.35. The first-order valence-corrected chi connectivity index (χ1v) is 7.65. The van der Waals surface area contributed by atoms with Crippen molar-refractivity contribution in [1.29, 1.82) is 0 Å². The van der Waals surface area contributed by atoms with E-state index in [4.69, 9.17) is 14.2 Å². The number of benzene rings is 2. The van der Waals surface area contributed by atoms with E-state index in [1.54, 1.807) is 62.6 Å². The van der Waals surface area contributed by atoms with Crippen LogP contribution in [0.2, 0.25) is 0 Å². The molecule has 0 bridgehead atoms. The van der Waals surface area contributed by atoms with Crippen LogP contribution in [0.25, 0.3) is 0 Å². The van der Waals surface area contributed by atoms with Crippen LogP contribution in [0.1, 0.15) is 6.92 Å². The Morgan fingerprint density at radius 1 is 0.920 bits per heavy atom. The second-order valence-corrected chi connectivity index (χ2v) is 5.07. The first-order valence-electron chi connectivity index (χ1n) is 7.65. The molecule has 0 fully saturated rings. The first-order chi connectivity index (χ1) is 12.1. The van der Waals surface area contributed by atoms with Gasteiger partial charge in [-0.1, -0.05) is 18.2 Å². The van der Waals surface area contributed by atoms with E-state index in [1.807, 2.05) is 6.07 Å². The second kappa shape index (κ2) is 9.17. The van der Waals surface area contributed by atoms with Crippen molar-refractivity contribution in [3.8, 4) is 17.2 Å². The van der Waals surface area contributed by atoms with Crippen molar-refractivity contribution in [2.45, 2.75) is 13.0 Å². The maximum Gasteiger partial charge on any atom is 0.279 e. The van der Waals surface area contributed by atoms with Crippen molar-refractivity contribution >= 4 is 11.8 Å². The number of hydrogen-bond donors (Lipinski definition) is 2. The van der Waals surface area contributed by atoms with Gasteiger partial charge in [0.1, 0.15) is 17.2 Å². The lowest BCUT2D eigenvalue weighted by Crippen LogP contribution is -2.48. The van der Waals surface area contributed by atoms with Gasteiger partial charge in [-0.05, 0) is 43.3 Å². The van der Waals surface area contributed by atoms with Crippen LogP contribution in [0.5, 0.6) is 17.2 Å². The van der Waals surface area contributed by atoms with E-state index in [-0.39, 0.29) is 6.61 Å². The molecule has 0 radical (unpaired) electrons. The monoisotopic (exact) mass is 344 g/mol. The van der Waals surface area contributed by atoms with Gasteiger partial charge in [0.2, 0.25) is 0 Å². The molecule has 132 valence electrons. The van der Waals surface area contributed by atoms with Crippen LogP contribution in [0.15, 0.2) is 54.6 Å². The van der Waals surface area contributed by atoms with Gasteiger partial charge in [-0.3, -0.25) is 20.4 Å². The molecule has 2 N–H and O–H groups in total. The number of amides is 2. The Morgan fingerprint density at radius 2 is 1.56 bits per heavy atom. The number of nitrogens with one attached hydrogen (secondary N) is 2. The molecule has 0 saturated heterocycles. The highest BCUT2D eigenvalue weighted by Gasteiger charge is 2.15. The molecule has 2 aromatic rings. The van der Waals surface area contributed by atoms with Crippen LogP contribution in [0.3, 0.4) is 0 Å². The number of hydrazine groups is 1. The molecule has 0 heterocycles. The van der Waals surface area contributed by atoms with E-state index in [2.05, 4.69) is 10.9 Å². The van der Waals surface area contributed by atoms with Crippen LogP contribution in [-0.2, 0) is 9.59 Å². The molecule has 0 aliphatic carbocycles. The molecular weight excluding hydrogens is 324 g/mol. The first kappa shape index (κ1) is 18.1. The Morgan fingerprint density at radius 3 is 2.20 bits per heavy atom. The number of ether oxygens (including phenoxy) is 3. The zero-order valence-electron chi connectivity index (χ0n) is 14.0. The summed E-state index contributed by atoms with van der Waals surface area (Å²) >= 11 is 0. The number of carbonyl (C=O) groups excluding carboxylic acids is 2. The van der Waals surface area contributed by atoms with Gasteiger partial charge in [-0.15, -0.1) is 0 Å². The van der Waals surface area contributed by atoms with Crippen molar-refractivity contribution in [2.75, 3.05) is 13.7 Å². The van der Waals surface area contributed by atoms with Gasteiger partial charge in [0.15, 0.2) is 12.7 Å². The number of hydrogen-bond acceptors (Lipinski definition) is 5. The van der Waals surface area contributed by atoms with E-state index in [0.717, 1.165) is 0 Å². The Labute approximate surface area is 145 Å². The molecule has 0 saturated carbocycles. The average molecular weight is 344 g/mol. The Kier molecular flexibility index (Phi) is 6.65. The molecule has 0 aliphatic rings. The quantitative estimate of drug-likeness (QED) is 0.747. The predicted octanol–water partition coefficient (Wildman–Crippen LogP) is 1.69. The number of carbonyl (C=O) groups is 2. The van der Waals surface area contributed by atoms with E-state index in [0.29, 0.717) is 17.2 Å². The van der Waals surface area contributed by atoms with Crippen LogP contribution < -0.4 is 25.1 Å². The Balaban J connectivity index is 1.70. The highest BCUT2D eigenvalue weighted by Crippen LogP contribution is 2.16. The maximum atomic E-state index is 11.9. The molecule has 25 heavy (non-hydrogen) atoms. The average Bonchev–Trinajstić information content (AvgIpc) is 2.65. The summed E-state index contributed by atoms with van der Waals surface area (Å²) in [7, 11) is 1.56. The van der Waals surface area contributed by atoms with Crippen LogP contribution in [-0.4, -0.2) is 31.6 Å². The molecule has 0 spiro atoms. The van der Waals surface area contributed by atoms with Gasteiger partial charge in [0.05, 0.1) is 7.11 Å². The fourth-order valence-corrected chi connectivity index (χ4v) is 1.85. The van der Waals surface area contributed by atoms with Gasteiger partial charge < -0.3 is 14.2 Å². The van der Waals surface area contributed by atoms with E-state index in [9.17, 15) is 9.59 Å². The summed E-state index contributed by atoms with van der Waals surface area (Å²) in [5, 5.41) is 0. The van der Waals surface area contributed by atoms with Gasteiger partial charge in [0.25, 0.3) is 11.8 Å². The zero-order valence-corrected chi connectivity index (χ0v) is 14.0. The fraction of sp³-hybridized carbons (Fsp3) is 0.222. The van der Waals surface area contributed by atoms with E-state index in [1.165, 1.54) is 0 Å². The lowest BCUT2D eigenvalue weighted by Gasteiger charge is -2.15. The molecule has 0 aromatic heterocycles. The van der Waals surface area contributed by atoms with Crippen molar-refractivity contribution in [3.05, 3.63) is 54.6 Å². The minimum absolute atomic E-state index is 0.236. The predicted molar refractivity (Wildman–Crippen MR) is 91.3 cm³/mol. The number of rotatable bonds is 7. The minimum atomic E-state index is -0.759. The summed E-state index contributed by atoms with van der Waals surface area (Å²) in [6, 6.07) is 15.7. The smallest absolute Gasteiger partial charge is 0.279 e. The van der Waals surface area contributed by atoms with Crippen LogP contribution in [0, 0.1) is 0 Å². The summed E-state index contributed by atoms with van der Waals surface area (Å²) in [4.78, 5) is 23.6. The Bertz CT molecular complexity index is 688. The van der Waals surface area contributed by atoms with Crippen molar-refractivity contribution in [1.82, 2.24) is 10.9 Å². The third-order valence-corrected chi connectivity index (χ3v) is 3.18. The standard InChI is InChI=1S/C18H20N2O5/c1-13(25-16-6-4-3-5-7-16)18(22)20-19-17(21)12-24-15-10-8-14(23-2)9-11-15/h3-11,13H,12H2,1-2H3,(H,19,21)(H,20,22)/t13-/m0/s1. The second-order valence-electron chi connectivity index (χ2n) is 5.07. The molecule has 1 atom stereocenters. The third kappa shape index (κ3) is 6.06. The maximum absolute atomic E-state index is 11.9. The summed E-state index contributed by atoms with van der Waals surface area (Å²) < 4.78 is 15.8. The lowest BCUT2D eigenvalue weighted by atomic mass is 10.3. The van der Waals surface area contributed by atoms with Crippen molar-refractivity contribution < 1.29 is 23.8 Å². The van der Waals surface area contributed by atoms with E-state index >= 15 is 0 Å². The number of methoxy groups -OCH3 is 1. The molecular formula is C18H20N2O5. The normalized spacial score (nSPS) is 11.1. The topological polar surface area (TPSA) is 85.9 Å². The van der Waals surface area contributed by atoms with Crippen LogP contribution >= 0.6 is 0 Å². The SMILES string of the molecule is COc1ccc(OCC(=O)NNC(=O)[C@H](C)Oc2ccccc2)cc1. The molecule has 2 amide bonds. The van der Waals surface area contributed by atoms with Gasteiger partial charge in [0, 0.05) is 0 Å². The zero-order chi connectivity index (χ0) is 18.1. The molecule has 2 aromatic carbocycles. The molecule has 0 unspecified atom stereocenters. The van der Waals surface area contributed by atoms with Gasteiger partial charge in [-0.2, -0.15) is 0 Å². The van der Waals surface area contributed by atoms with Gasteiger partial charge in [-0.25, -0.2) is 0 Å². The highest BCUT2D eigenvalue weighted by molar-refractivity contribution is 5.85. The van der Waals surface area contributed by atoms with Gasteiger partial charge >= 0.3 is 0 Å². The largest absolute Gasteiger partial charge is 0.497 e. The molecule has 0 aliphatic heterocycles. The van der Waals surface area contributed by atoms with E-state index < -0.39 is 17.9 Å². The van der Waals surface area contributed by atoms with Crippen molar-refractivity contribution in [3.63, 3.8) is 0 Å². The third-order valence-electron chi connectivity index (χ3n) is 3.18. The Hall–Kier alpha value is -3.22. The summed E-state index contributed by atoms with van der Waals surface area (Å²) in [5.41, 5.74) is 4.57. The fourth-order valence-electron chi connectivity index (χ4n) is 1.85. The summed E-state index contributed by atoms with van der Waals surface area (Å²) in [5.74, 6) is 0.816.